The molecule has 2 aromatic carbocycles. The van der Waals surface area contributed by atoms with E-state index in [1.54, 1.807) is 6.92 Å². The Morgan fingerprint density at radius 3 is 2.38 bits per heavy atom. The standard InChI is InChI=1S/C18H17ClF2N2O5S/c1-3-28-18(25)11-4-7-16(13(19)8-11)22-17(24)10-23(29(2,26)27)12-5-6-14(20)15(21)9-12/h4-9H,3,10H2,1-2H3,(H,22,24). The second-order valence-electron chi connectivity index (χ2n) is 5.83. The first kappa shape index (κ1) is 22.6. The molecule has 156 valence electrons. The zero-order chi connectivity index (χ0) is 21.8. The highest BCUT2D eigenvalue weighted by Gasteiger charge is 2.22. The van der Waals surface area contributed by atoms with Gasteiger partial charge in [0.2, 0.25) is 15.9 Å². The number of carbonyl (C=O) groups excluding carboxylic acids is 2. The van der Waals surface area contributed by atoms with Gasteiger partial charge in [-0.1, -0.05) is 11.6 Å². The fraction of sp³-hybridized carbons (Fsp3) is 0.222. The van der Waals surface area contributed by atoms with Gasteiger partial charge in [0.1, 0.15) is 6.54 Å². The van der Waals surface area contributed by atoms with E-state index in [0.29, 0.717) is 10.4 Å². The number of rotatable bonds is 7. The number of hydrogen-bond donors (Lipinski definition) is 1. The Labute approximate surface area is 171 Å². The number of carbonyl (C=O) groups is 2. The summed E-state index contributed by atoms with van der Waals surface area (Å²) in [5, 5.41) is 2.44. The van der Waals surface area contributed by atoms with Gasteiger partial charge in [-0.3, -0.25) is 9.10 Å². The van der Waals surface area contributed by atoms with Crippen LogP contribution in [0, 0.1) is 11.6 Å². The van der Waals surface area contributed by atoms with Crippen molar-refractivity contribution >= 4 is 44.9 Å². The minimum atomic E-state index is -3.98. The summed E-state index contributed by atoms with van der Waals surface area (Å²) in [7, 11) is -3.98. The summed E-state index contributed by atoms with van der Waals surface area (Å²) < 4.78 is 56.1. The maximum atomic E-state index is 13.5. The van der Waals surface area contributed by atoms with Crippen molar-refractivity contribution in [3.8, 4) is 0 Å². The van der Waals surface area contributed by atoms with Crippen molar-refractivity contribution < 1.29 is 31.5 Å². The van der Waals surface area contributed by atoms with Crippen LogP contribution < -0.4 is 9.62 Å². The molecule has 0 aromatic heterocycles. The van der Waals surface area contributed by atoms with Gasteiger partial charge in [-0.2, -0.15) is 0 Å². The SMILES string of the molecule is CCOC(=O)c1ccc(NC(=O)CN(c2ccc(F)c(F)c2)S(C)(=O)=O)c(Cl)c1. The molecule has 11 heteroatoms. The number of esters is 1. The largest absolute Gasteiger partial charge is 0.462 e. The fourth-order valence-electron chi connectivity index (χ4n) is 2.32. The molecule has 0 unspecified atom stereocenters. The maximum absolute atomic E-state index is 13.5. The molecule has 0 aliphatic carbocycles. The van der Waals surface area contributed by atoms with Crippen LogP contribution in [0.2, 0.25) is 5.02 Å². The van der Waals surface area contributed by atoms with Gasteiger partial charge >= 0.3 is 5.97 Å². The molecule has 7 nitrogen and oxygen atoms in total. The number of benzene rings is 2. The monoisotopic (exact) mass is 446 g/mol. The summed E-state index contributed by atoms with van der Waals surface area (Å²) in [6, 6.07) is 6.49. The molecule has 0 heterocycles. The smallest absolute Gasteiger partial charge is 0.338 e. The molecule has 0 aliphatic heterocycles. The maximum Gasteiger partial charge on any atom is 0.338 e. The lowest BCUT2D eigenvalue weighted by Crippen LogP contribution is -2.37. The van der Waals surface area contributed by atoms with Crippen molar-refractivity contribution in [1.82, 2.24) is 0 Å². The zero-order valence-corrected chi connectivity index (χ0v) is 17.0. The third-order valence-corrected chi connectivity index (χ3v) is 5.09. The number of hydrogen-bond acceptors (Lipinski definition) is 5. The van der Waals surface area contributed by atoms with Crippen LogP contribution in [0.5, 0.6) is 0 Å². The Morgan fingerprint density at radius 2 is 1.83 bits per heavy atom. The number of halogens is 3. The van der Waals surface area contributed by atoms with Crippen LogP contribution >= 0.6 is 11.6 Å². The molecule has 0 radical (unpaired) electrons. The van der Waals surface area contributed by atoms with Crippen molar-refractivity contribution in [1.29, 1.82) is 0 Å². The van der Waals surface area contributed by atoms with Crippen molar-refractivity contribution in [3.63, 3.8) is 0 Å². The third-order valence-electron chi connectivity index (χ3n) is 3.63. The molecule has 0 fully saturated rings. The Bertz CT molecular complexity index is 1050. The van der Waals surface area contributed by atoms with E-state index in [1.165, 1.54) is 18.2 Å². The van der Waals surface area contributed by atoms with E-state index in [9.17, 15) is 26.8 Å². The summed E-state index contributed by atoms with van der Waals surface area (Å²) >= 11 is 6.05. The van der Waals surface area contributed by atoms with Gasteiger partial charge in [-0.05, 0) is 37.3 Å². The van der Waals surface area contributed by atoms with Gasteiger partial charge in [0.15, 0.2) is 11.6 Å². The van der Waals surface area contributed by atoms with Crippen molar-refractivity contribution in [2.45, 2.75) is 6.92 Å². The van der Waals surface area contributed by atoms with E-state index in [4.69, 9.17) is 16.3 Å². The summed E-state index contributed by atoms with van der Waals surface area (Å²) in [4.78, 5) is 24.0. The Hall–Kier alpha value is -2.72. The van der Waals surface area contributed by atoms with Crippen LogP contribution in [0.15, 0.2) is 36.4 Å². The summed E-state index contributed by atoms with van der Waals surface area (Å²) in [5.41, 5.74) is 0.0863. The highest BCUT2D eigenvalue weighted by molar-refractivity contribution is 7.92. The van der Waals surface area contributed by atoms with Gasteiger partial charge in [-0.25, -0.2) is 22.0 Å². The first-order valence-corrected chi connectivity index (χ1v) is 10.4. The zero-order valence-electron chi connectivity index (χ0n) is 15.4. The lowest BCUT2D eigenvalue weighted by Gasteiger charge is -2.22. The van der Waals surface area contributed by atoms with E-state index in [2.05, 4.69) is 5.32 Å². The summed E-state index contributed by atoms with van der Waals surface area (Å²) in [6.07, 6.45) is 0.822. The molecule has 0 spiro atoms. The van der Waals surface area contributed by atoms with E-state index in [-0.39, 0.29) is 28.6 Å². The predicted octanol–water partition coefficient (Wildman–Crippen LogP) is 3.20. The number of amides is 1. The number of anilines is 2. The highest BCUT2D eigenvalue weighted by Crippen LogP contribution is 2.24. The molecule has 2 aromatic rings. The Kier molecular flexibility index (Phi) is 7.15. The second-order valence-corrected chi connectivity index (χ2v) is 8.15. The van der Waals surface area contributed by atoms with Crippen molar-refractivity contribution in [2.24, 2.45) is 0 Å². The number of sulfonamides is 1. The van der Waals surface area contributed by atoms with Crippen LogP contribution in [0.25, 0.3) is 0 Å². The molecule has 0 saturated heterocycles. The van der Waals surface area contributed by atoms with E-state index < -0.39 is 40.1 Å². The minimum absolute atomic E-state index is 0.0302. The first-order valence-electron chi connectivity index (χ1n) is 8.22. The van der Waals surface area contributed by atoms with Crippen LogP contribution in [0.1, 0.15) is 17.3 Å². The molecule has 0 aliphatic rings. The Morgan fingerprint density at radius 1 is 1.14 bits per heavy atom. The van der Waals surface area contributed by atoms with E-state index in [0.717, 1.165) is 18.4 Å². The molecule has 29 heavy (non-hydrogen) atoms. The van der Waals surface area contributed by atoms with Crippen LogP contribution in [0.3, 0.4) is 0 Å². The topological polar surface area (TPSA) is 92.8 Å². The first-order chi connectivity index (χ1) is 13.5. The molecule has 1 amide bonds. The molecule has 1 N–H and O–H groups in total. The minimum Gasteiger partial charge on any atom is -0.462 e. The number of ether oxygens (including phenoxy) is 1. The predicted molar refractivity (Wildman–Crippen MR) is 105 cm³/mol. The van der Waals surface area contributed by atoms with Gasteiger partial charge in [-0.15, -0.1) is 0 Å². The number of nitrogens with one attached hydrogen (secondary N) is 1. The Balaban J connectivity index is 2.20. The molecular weight excluding hydrogens is 430 g/mol. The quantitative estimate of drug-likeness (QED) is 0.659. The van der Waals surface area contributed by atoms with Gasteiger partial charge in [0.05, 0.1) is 34.8 Å². The average Bonchev–Trinajstić information content (AvgIpc) is 2.63. The average molecular weight is 447 g/mol. The molecular formula is C18H17ClF2N2O5S. The van der Waals surface area contributed by atoms with Crippen LogP contribution in [-0.4, -0.2) is 39.7 Å². The lowest BCUT2D eigenvalue weighted by molar-refractivity contribution is -0.114. The van der Waals surface area contributed by atoms with Gasteiger partial charge in [0, 0.05) is 6.07 Å². The number of nitrogens with zero attached hydrogens (tertiary/aromatic N) is 1. The highest BCUT2D eigenvalue weighted by atomic mass is 35.5. The van der Waals surface area contributed by atoms with Crippen LogP contribution in [0.4, 0.5) is 20.2 Å². The van der Waals surface area contributed by atoms with Gasteiger partial charge in [0.25, 0.3) is 0 Å². The summed E-state index contributed by atoms with van der Waals surface area (Å²) in [6.45, 7) is 1.12. The summed E-state index contributed by atoms with van der Waals surface area (Å²) in [5.74, 6) is -3.78. The van der Waals surface area contributed by atoms with Crippen molar-refractivity contribution in [3.05, 3.63) is 58.6 Å². The fourth-order valence-corrected chi connectivity index (χ4v) is 3.39. The molecule has 0 atom stereocenters. The van der Waals surface area contributed by atoms with Gasteiger partial charge < -0.3 is 10.1 Å². The van der Waals surface area contributed by atoms with Crippen molar-refractivity contribution in [2.75, 3.05) is 29.0 Å². The van der Waals surface area contributed by atoms with E-state index in [1.807, 2.05) is 0 Å². The van der Waals surface area contributed by atoms with E-state index >= 15 is 0 Å². The third kappa shape index (κ3) is 5.88. The second kappa shape index (κ2) is 9.19. The molecule has 0 saturated carbocycles. The normalized spacial score (nSPS) is 11.1. The van der Waals surface area contributed by atoms with Crippen LogP contribution in [-0.2, 0) is 19.6 Å². The molecule has 0 bridgehead atoms. The molecule has 2 rings (SSSR count). The lowest BCUT2D eigenvalue weighted by atomic mass is 10.2.